The van der Waals surface area contributed by atoms with Gasteiger partial charge < -0.3 is 20.7 Å². The van der Waals surface area contributed by atoms with E-state index in [2.05, 4.69) is 22.2 Å². The maximum absolute atomic E-state index is 12.4. The van der Waals surface area contributed by atoms with Crippen molar-refractivity contribution in [3.63, 3.8) is 0 Å². The Balaban J connectivity index is 0.00000364. The number of halogens is 2. The van der Waals surface area contributed by atoms with Crippen LogP contribution in [0.25, 0.3) is 0 Å². The van der Waals surface area contributed by atoms with Gasteiger partial charge in [0.25, 0.3) is 5.56 Å². The van der Waals surface area contributed by atoms with Gasteiger partial charge >= 0.3 is 0 Å². The number of H-pyrrole nitrogens is 1. The van der Waals surface area contributed by atoms with E-state index < -0.39 is 0 Å². The van der Waals surface area contributed by atoms with Crippen LogP contribution in [0.2, 0.25) is 0 Å². The van der Waals surface area contributed by atoms with Crippen LogP contribution < -0.4 is 21.5 Å². The molecule has 162 valence electrons. The lowest BCUT2D eigenvalue weighted by atomic mass is 10.1. The summed E-state index contributed by atoms with van der Waals surface area (Å²) in [7, 11) is 0. The standard InChI is InChI=1S/C18H31N5O3.2ClH/c1-3-4-5-14(12-19)21-16(24)7-6-15-13(2)20-18(22-17(15)25)23-8-10-26-11-9-23;;/h14H,3-12,19H2,1-2H3,(H,21,24)(H,20,22,25);2*1H. The third-order valence-corrected chi connectivity index (χ3v) is 4.68. The van der Waals surface area contributed by atoms with Crippen molar-refractivity contribution in [3.05, 3.63) is 21.6 Å². The molecule has 0 bridgehead atoms. The number of nitrogens with zero attached hydrogens (tertiary/aromatic N) is 2. The van der Waals surface area contributed by atoms with E-state index in [1.807, 2.05) is 11.8 Å². The molecule has 8 nitrogen and oxygen atoms in total. The zero-order chi connectivity index (χ0) is 18.9. The number of aryl methyl sites for hydroxylation is 1. The highest BCUT2D eigenvalue weighted by Crippen LogP contribution is 2.11. The molecule has 0 saturated carbocycles. The molecule has 1 saturated heterocycles. The number of aromatic amines is 1. The first-order valence-electron chi connectivity index (χ1n) is 9.47. The second kappa shape index (κ2) is 13.8. The van der Waals surface area contributed by atoms with Gasteiger partial charge in [0, 0.05) is 43.4 Å². The number of rotatable bonds is 9. The van der Waals surface area contributed by atoms with Crippen molar-refractivity contribution in [3.8, 4) is 0 Å². The number of carbonyl (C=O) groups excluding carboxylic acids is 1. The fraction of sp³-hybridized carbons (Fsp3) is 0.722. The molecule has 0 aliphatic carbocycles. The van der Waals surface area contributed by atoms with E-state index in [9.17, 15) is 9.59 Å². The predicted octanol–water partition coefficient (Wildman–Crippen LogP) is 1.32. The van der Waals surface area contributed by atoms with Gasteiger partial charge in [-0.2, -0.15) is 0 Å². The minimum absolute atomic E-state index is 0. The average Bonchev–Trinajstić information content (AvgIpc) is 2.65. The van der Waals surface area contributed by atoms with Gasteiger partial charge in [0.05, 0.1) is 13.2 Å². The Morgan fingerprint density at radius 3 is 2.61 bits per heavy atom. The van der Waals surface area contributed by atoms with Crippen LogP contribution in [0.3, 0.4) is 0 Å². The number of unbranched alkanes of at least 4 members (excludes halogenated alkanes) is 1. The highest BCUT2D eigenvalue weighted by atomic mass is 35.5. The van der Waals surface area contributed by atoms with Crippen LogP contribution in [-0.2, 0) is 16.0 Å². The fourth-order valence-corrected chi connectivity index (χ4v) is 3.05. The van der Waals surface area contributed by atoms with Crippen molar-refractivity contribution >= 4 is 36.7 Å². The molecule has 1 aromatic heterocycles. The summed E-state index contributed by atoms with van der Waals surface area (Å²) in [5.41, 5.74) is 6.77. The molecule has 1 amide bonds. The molecule has 28 heavy (non-hydrogen) atoms. The van der Waals surface area contributed by atoms with Crippen LogP contribution >= 0.6 is 24.8 Å². The Morgan fingerprint density at radius 1 is 1.36 bits per heavy atom. The summed E-state index contributed by atoms with van der Waals surface area (Å²) < 4.78 is 5.32. The normalized spacial score (nSPS) is 14.6. The number of amides is 1. The molecule has 1 unspecified atom stereocenters. The third kappa shape index (κ3) is 7.95. The number of nitrogens with one attached hydrogen (secondary N) is 2. The van der Waals surface area contributed by atoms with E-state index >= 15 is 0 Å². The molecule has 1 fully saturated rings. The van der Waals surface area contributed by atoms with Gasteiger partial charge in [-0.05, 0) is 19.8 Å². The summed E-state index contributed by atoms with van der Waals surface area (Å²) in [4.78, 5) is 34.0. The zero-order valence-electron chi connectivity index (χ0n) is 16.7. The van der Waals surface area contributed by atoms with Crippen LogP contribution in [0.15, 0.2) is 4.79 Å². The molecular formula is C18H33Cl2N5O3. The Kier molecular flexibility index (Phi) is 13.1. The molecule has 10 heteroatoms. The fourth-order valence-electron chi connectivity index (χ4n) is 3.05. The Labute approximate surface area is 178 Å². The van der Waals surface area contributed by atoms with Gasteiger partial charge in [0.15, 0.2) is 0 Å². The number of nitrogens with two attached hydrogens (primary N) is 1. The van der Waals surface area contributed by atoms with Crippen molar-refractivity contribution < 1.29 is 9.53 Å². The van der Waals surface area contributed by atoms with Gasteiger partial charge in [-0.1, -0.05) is 19.8 Å². The lowest BCUT2D eigenvalue weighted by molar-refractivity contribution is -0.121. The summed E-state index contributed by atoms with van der Waals surface area (Å²) >= 11 is 0. The zero-order valence-corrected chi connectivity index (χ0v) is 18.3. The summed E-state index contributed by atoms with van der Waals surface area (Å²) in [6, 6.07) is 0.00338. The topological polar surface area (TPSA) is 113 Å². The molecule has 4 N–H and O–H groups in total. The van der Waals surface area contributed by atoms with Gasteiger partial charge in [0.1, 0.15) is 0 Å². The molecule has 0 radical (unpaired) electrons. The maximum atomic E-state index is 12.4. The molecule has 1 aliphatic rings. The third-order valence-electron chi connectivity index (χ3n) is 4.68. The number of hydrogen-bond acceptors (Lipinski definition) is 6. The first-order chi connectivity index (χ1) is 12.5. The first kappa shape index (κ1) is 26.6. The van der Waals surface area contributed by atoms with Crippen LogP contribution in [0.5, 0.6) is 0 Å². The average molecular weight is 438 g/mol. The van der Waals surface area contributed by atoms with Gasteiger partial charge in [-0.15, -0.1) is 24.8 Å². The minimum atomic E-state index is -0.173. The smallest absolute Gasteiger partial charge is 0.255 e. The van der Waals surface area contributed by atoms with E-state index in [1.165, 1.54) is 0 Å². The van der Waals surface area contributed by atoms with Gasteiger partial charge in [0.2, 0.25) is 11.9 Å². The number of anilines is 1. The number of aromatic nitrogens is 2. The van der Waals surface area contributed by atoms with Crippen molar-refractivity contribution in [2.75, 3.05) is 37.7 Å². The second-order valence-electron chi connectivity index (χ2n) is 6.70. The van der Waals surface area contributed by atoms with Crippen LogP contribution in [-0.4, -0.2) is 54.8 Å². The van der Waals surface area contributed by atoms with Crippen molar-refractivity contribution in [2.24, 2.45) is 5.73 Å². The van der Waals surface area contributed by atoms with Gasteiger partial charge in [-0.25, -0.2) is 4.98 Å². The van der Waals surface area contributed by atoms with E-state index in [-0.39, 0.29) is 48.7 Å². The highest BCUT2D eigenvalue weighted by Gasteiger charge is 2.17. The van der Waals surface area contributed by atoms with Gasteiger partial charge in [-0.3, -0.25) is 14.6 Å². The SMILES string of the molecule is CCCCC(CN)NC(=O)CCc1c(C)nc(N2CCOCC2)[nH]c1=O.Cl.Cl. The Morgan fingerprint density at radius 2 is 2.04 bits per heavy atom. The largest absolute Gasteiger partial charge is 0.378 e. The molecule has 2 rings (SSSR count). The maximum Gasteiger partial charge on any atom is 0.255 e. The second-order valence-corrected chi connectivity index (χ2v) is 6.70. The predicted molar refractivity (Wildman–Crippen MR) is 116 cm³/mol. The van der Waals surface area contributed by atoms with Crippen molar-refractivity contribution in [1.29, 1.82) is 0 Å². The molecule has 0 aromatic carbocycles. The molecule has 0 spiro atoms. The molecule has 1 atom stereocenters. The monoisotopic (exact) mass is 437 g/mol. The lowest BCUT2D eigenvalue weighted by Crippen LogP contribution is -2.40. The lowest BCUT2D eigenvalue weighted by Gasteiger charge is -2.27. The van der Waals surface area contributed by atoms with E-state index in [1.54, 1.807) is 0 Å². The minimum Gasteiger partial charge on any atom is -0.378 e. The van der Waals surface area contributed by atoms with Crippen LogP contribution in [0.4, 0.5) is 5.95 Å². The molecule has 1 aliphatic heterocycles. The summed E-state index contributed by atoms with van der Waals surface area (Å²) in [5.74, 6) is 0.499. The van der Waals surface area contributed by atoms with Crippen LogP contribution in [0, 0.1) is 6.92 Å². The summed E-state index contributed by atoms with van der Waals surface area (Å²) in [5, 5.41) is 2.96. The Bertz CT molecular complexity index is 651. The highest BCUT2D eigenvalue weighted by molar-refractivity contribution is 5.85. The van der Waals surface area contributed by atoms with E-state index in [0.29, 0.717) is 56.5 Å². The summed E-state index contributed by atoms with van der Waals surface area (Å²) in [6.45, 7) is 7.04. The number of hydrogen-bond donors (Lipinski definition) is 3. The number of carbonyl (C=O) groups is 1. The number of morpholine rings is 1. The van der Waals surface area contributed by atoms with Crippen LogP contribution in [0.1, 0.15) is 43.9 Å². The van der Waals surface area contributed by atoms with Crippen molar-refractivity contribution in [2.45, 2.75) is 52.0 Å². The van der Waals surface area contributed by atoms with E-state index in [4.69, 9.17) is 10.5 Å². The summed E-state index contributed by atoms with van der Waals surface area (Å²) in [6.07, 6.45) is 3.61. The van der Waals surface area contributed by atoms with E-state index in [0.717, 1.165) is 19.3 Å². The molecular weight excluding hydrogens is 405 g/mol. The first-order valence-corrected chi connectivity index (χ1v) is 9.47. The quantitative estimate of drug-likeness (QED) is 0.536. The Hall–Kier alpha value is -1.35. The van der Waals surface area contributed by atoms with Crippen molar-refractivity contribution in [1.82, 2.24) is 15.3 Å². The molecule has 2 heterocycles. The number of ether oxygens (including phenoxy) is 1. The molecule has 1 aromatic rings.